The molecule has 0 aliphatic carbocycles. The van der Waals surface area contributed by atoms with Crippen LogP contribution in [0.4, 0.5) is 0 Å². The van der Waals surface area contributed by atoms with E-state index in [0.29, 0.717) is 34.8 Å². The summed E-state index contributed by atoms with van der Waals surface area (Å²) in [4.78, 5) is 8.29. The van der Waals surface area contributed by atoms with Crippen molar-refractivity contribution in [2.45, 2.75) is 50.3 Å². The number of benzene rings is 2. The molecule has 0 bridgehead atoms. The molecule has 5 nitrogen and oxygen atoms in total. The Kier molecular flexibility index (Phi) is 6.47. The second kappa shape index (κ2) is 9.41. The fourth-order valence-corrected chi connectivity index (χ4v) is 6.79. The highest BCUT2D eigenvalue weighted by Gasteiger charge is 2.30. The van der Waals surface area contributed by atoms with E-state index in [1.807, 2.05) is 13.1 Å². The zero-order valence-corrected chi connectivity index (χ0v) is 21.8. The fourth-order valence-electron chi connectivity index (χ4n) is 5.20. The molecule has 1 aliphatic heterocycles. The topological polar surface area (TPSA) is 66.1 Å². The normalized spacial score (nSPS) is 15.8. The highest BCUT2D eigenvalue weighted by atomic mass is 35.5. The van der Waals surface area contributed by atoms with Gasteiger partial charge in [-0.1, -0.05) is 31.5 Å². The molecule has 182 valence electrons. The number of piperidine rings is 1. The number of nitrogens with one attached hydrogen (secondary N) is 1. The van der Waals surface area contributed by atoms with Crippen LogP contribution in [0, 0.1) is 6.92 Å². The van der Waals surface area contributed by atoms with Crippen molar-refractivity contribution in [3.63, 3.8) is 0 Å². The molecule has 0 unspecified atom stereocenters. The fraction of sp³-hybridized carbons (Fsp3) is 0.321. The standard InChI is InChI=1S/C28H30ClN3O2S/c1-18(2)27-25-17-21(4-9-26(25)31-28(27)22-10-13-30-19(3)16-22)20-11-14-32(15-12-20)35(33,34)24-7-5-23(29)6-8-24/h4-10,13,16-18,20,31H,11-12,14-15H2,1-3H3. The first kappa shape index (κ1) is 24.0. The summed E-state index contributed by atoms with van der Waals surface area (Å²) in [5, 5.41) is 1.78. The highest BCUT2D eigenvalue weighted by Crippen LogP contribution is 2.38. The Morgan fingerprint density at radius 1 is 1.03 bits per heavy atom. The van der Waals surface area contributed by atoms with Crippen LogP contribution >= 0.6 is 11.6 Å². The lowest BCUT2D eigenvalue weighted by atomic mass is 9.88. The van der Waals surface area contributed by atoms with Gasteiger partial charge < -0.3 is 4.98 Å². The number of hydrogen-bond acceptors (Lipinski definition) is 3. The molecular formula is C28H30ClN3O2S. The van der Waals surface area contributed by atoms with E-state index in [2.05, 4.69) is 54.1 Å². The van der Waals surface area contributed by atoms with Crippen molar-refractivity contribution in [3.05, 3.63) is 82.6 Å². The minimum absolute atomic E-state index is 0.301. The van der Waals surface area contributed by atoms with Crippen LogP contribution < -0.4 is 0 Å². The van der Waals surface area contributed by atoms with Crippen LogP contribution in [-0.4, -0.2) is 35.8 Å². The van der Waals surface area contributed by atoms with Gasteiger partial charge >= 0.3 is 0 Å². The second-order valence-corrected chi connectivity index (χ2v) is 12.1. The van der Waals surface area contributed by atoms with Gasteiger partial charge in [0, 0.05) is 46.5 Å². The Hall–Kier alpha value is -2.67. The van der Waals surface area contributed by atoms with Crippen molar-refractivity contribution in [2.24, 2.45) is 0 Å². The van der Waals surface area contributed by atoms with Gasteiger partial charge in [0.15, 0.2) is 0 Å². The van der Waals surface area contributed by atoms with E-state index in [-0.39, 0.29) is 0 Å². The van der Waals surface area contributed by atoms with Gasteiger partial charge in [-0.15, -0.1) is 0 Å². The third kappa shape index (κ3) is 4.63. The lowest BCUT2D eigenvalue weighted by Crippen LogP contribution is -2.37. The first-order valence-electron chi connectivity index (χ1n) is 12.1. The average Bonchev–Trinajstić information content (AvgIpc) is 3.24. The molecule has 0 atom stereocenters. The molecule has 5 rings (SSSR count). The number of aryl methyl sites for hydroxylation is 1. The largest absolute Gasteiger partial charge is 0.354 e. The maximum absolute atomic E-state index is 13.1. The van der Waals surface area contributed by atoms with E-state index < -0.39 is 10.0 Å². The molecule has 35 heavy (non-hydrogen) atoms. The van der Waals surface area contributed by atoms with Gasteiger partial charge in [-0.2, -0.15) is 4.31 Å². The number of H-pyrrole nitrogens is 1. The first-order valence-corrected chi connectivity index (χ1v) is 13.9. The summed E-state index contributed by atoms with van der Waals surface area (Å²) < 4.78 is 27.7. The summed E-state index contributed by atoms with van der Waals surface area (Å²) in [7, 11) is -3.50. The molecule has 1 saturated heterocycles. The van der Waals surface area contributed by atoms with Crippen LogP contribution in [0.15, 0.2) is 65.7 Å². The van der Waals surface area contributed by atoms with Gasteiger partial charge in [-0.05, 0) is 91.3 Å². The van der Waals surface area contributed by atoms with Crippen molar-refractivity contribution in [1.82, 2.24) is 14.3 Å². The zero-order chi connectivity index (χ0) is 24.7. The number of sulfonamides is 1. The molecule has 4 aromatic rings. The molecule has 1 fully saturated rings. The molecule has 2 aromatic heterocycles. The molecule has 1 N–H and O–H groups in total. The highest BCUT2D eigenvalue weighted by molar-refractivity contribution is 7.89. The molecule has 0 radical (unpaired) electrons. The molecular weight excluding hydrogens is 478 g/mol. The minimum Gasteiger partial charge on any atom is -0.354 e. The zero-order valence-electron chi connectivity index (χ0n) is 20.3. The maximum Gasteiger partial charge on any atom is 0.243 e. The van der Waals surface area contributed by atoms with E-state index in [1.165, 1.54) is 16.5 Å². The minimum atomic E-state index is -3.50. The van der Waals surface area contributed by atoms with Crippen molar-refractivity contribution in [1.29, 1.82) is 0 Å². The van der Waals surface area contributed by atoms with Crippen molar-refractivity contribution < 1.29 is 8.42 Å². The molecule has 0 spiro atoms. The monoisotopic (exact) mass is 507 g/mol. The molecule has 3 heterocycles. The number of pyridine rings is 1. The van der Waals surface area contributed by atoms with Gasteiger partial charge in [0.05, 0.1) is 10.6 Å². The Morgan fingerprint density at radius 3 is 2.40 bits per heavy atom. The number of nitrogens with zero attached hydrogens (tertiary/aromatic N) is 2. The molecule has 2 aromatic carbocycles. The summed E-state index contributed by atoms with van der Waals surface area (Å²) in [6.45, 7) is 7.50. The Morgan fingerprint density at radius 2 is 1.74 bits per heavy atom. The number of aromatic amines is 1. The molecule has 7 heteroatoms. The summed E-state index contributed by atoms with van der Waals surface area (Å²) >= 11 is 5.94. The van der Waals surface area contributed by atoms with E-state index in [9.17, 15) is 8.42 Å². The van der Waals surface area contributed by atoms with Crippen LogP contribution in [0.5, 0.6) is 0 Å². The van der Waals surface area contributed by atoms with Crippen molar-refractivity contribution in [2.75, 3.05) is 13.1 Å². The number of halogens is 1. The molecule has 0 amide bonds. The van der Waals surface area contributed by atoms with Crippen LogP contribution in [0.25, 0.3) is 22.2 Å². The number of hydrogen-bond donors (Lipinski definition) is 1. The average molecular weight is 508 g/mol. The smallest absolute Gasteiger partial charge is 0.243 e. The van der Waals surface area contributed by atoms with Crippen LogP contribution in [0.3, 0.4) is 0 Å². The second-order valence-electron chi connectivity index (χ2n) is 9.69. The number of rotatable bonds is 5. The van der Waals surface area contributed by atoms with Crippen LogP contribution in [-0.2, 0) is 10.0 Å². The molecule has 0 saturated carbocycles. The van der Waals surface area contributed by atoms with Crippen LogP contribution in [0.2, 0.25) is 5.02 Å². The summed E-state index contributed by atoms with van der Waals surface area (Å²) in [6.07, 6.45) is 3.46. The molecule has 1 aliphatic rings. The quantitative estimate of drug-likeness (QED) is 0.320. The van der Waals surface area contributed by atoms with Crippen molar-refractivity contribution in [3.8, 4) is 11.3 Å². The lowest BCUT2D eigenvalue weighted by molar-refractivity contribution is 0.319. The van der Waals surface area contributed by atoms with Crippen LogP contribution in [0.1, 0.15) is 55.3 Å². The summed E-state index contributed by atoms with van der Waals surface area (Å²) in [5.41, 5.74) is 7.03. The van der Waals surface area contributed by atoms with E-state index >= 15 is 0 Å². The third-order valence-corrected chi connectivity index (χ3v) is 9.17. The summed E-state index contributed by atoms with van der Waals surface area (Å²) in [5.74, 6) is 0.687. The predicted molar refractivity (Wildman–Crippen MR) is 143 cm³/mol. The van der Waals surface area contributed by atoms with Crippen molar-refractivity contribution >= 4 is 32.5 Å². The Balaban J connectivity index is 1.41. The van der Waals surface area contributed by atoms with E-state index in [0.717, 1.165) is 35.3 Å². The van der Waals surface area contributed by atoms with E-state index in [4.69, 9.17) is 11.6 Å². The summed E-state index contributed by atoms with van der Waals surface area (Å²) in [6, 6.07) is 17.3. The Bertz CT molecular complexity index is 1470. The maximum atomic E-state index is 13.1. The Labute approximate surface area is 212 Å². The van der Waals surface area contributed by atoms with Gasteiger partial charge in [-0.25, -0.2) is 8.42 Å². The van der Waals surface area contributed by atoms with Gasteiger partial charge in [-0.3, -0.25) is 4.98 Å². The number of fused-ring (bicyclic) bond motifs is 1. The lowest BCUT2D eigenvalue weighted by Gasteiger charge is -2.31. The first-order chi connectivity index (χ1) is 16.7. The number of aromatic nitrogens is 2. The van der Waals surface area contributed by atoms with Gasteiger partial charge in [0.25, 0.3) is 0 Å². The van der Waals surface area contributed by atoms with E-state index in [1.54, 1.807) is 28.6 Å². The third-order valence-electron chi connectivity index (χ3n) is 7.00. The predicted octanol–water partition coefficient (Wildman–Crippen LogP) is 6.88. The van der Waals surface area contributed by atoms with Gasteiger partial charge in [0.1, 0.15) is 0 Å². The SMILES string of the molecule is Cc1cc(-c2[nH]c3ccc(C4CCN(S(=O)(=O)c5ccc(Cl)cc5)CC4)cc3c2C(C)C)ccn1. The van der Waals surface area contributed by atoms with Gasteiger partial charge in [0.2, 0.25) is 10.0 Å².